The van der Waals surface area contributed by atoms with E-state index < -0.39 is 11.7 Å². The minimum absolute atomic E-state index is 0.492. The highest BCUT2D eigenvalue weighted by molar-refractivity contribution is 5.66. The molecule has 0 heterocycles. The molecule has 1 N–H and O–H groups in total. The van der Waals surface area contributed by atoms with E-state index in [4.69, 9.17) is 9.57 Å². The Morgan fingerprint density at radius 1 is 1.16 bits per heavy atom. The number of unbranched alkanes of at least 4 members (excludes halogenated alkanes) is 1. The number of amides is 1. The molecule has 19 heavy (non-hydrogen) atoms. The third kappa shape index (κ3) is 8.21. The molecule has 0 aliphatic heterocycles. The Labute approximate surface area is 115 Å². The van der Waals surface area contributed by atoms with Gasteiger partial charge in [-0.1, -0.05) is 30.3 Å². The van der Waals surface area contributed by atoms with Crippen LogP contribution in [0.1, 0.15) is 39.2 Å². The minimum atomic E-state index is -0.546. The number of hydrogen-bond acceptors (Lipinski definition) is 3. The highest BCUT2D eigenvalue weighted by atomic mass is 16.7. The summed E-state index contributed by atoms with van der Waals surface area (Å²) in [6.07, 6.45) is 2.40. The van der Waals surface area contributed by atoms with Crippen LogP contribution in [0.2, 0.25) is 0 Å². The highest BCUT2D eigenvalue weighted by Gasteiger charge is 2.15. The zero-order valence-corrected chi connectivity index (χ0v) is 11.9. The maximum absolute atomic E-state index is 11.3. The van der Waals surface area contributed by atoms with Crippen molar-refractivity contribution in [3.63, 3.8) is 0 Å². The van der Waals surface area contributed by atoms with Gasteiger partial charge in [-0.3, -0.25) is 4.84 Å². The van der Waals surface area contributed by atoms with Crippen molar-refractivity contribution >= 4 is 6.09 Å². The standard InChI is InChI=1S/C15H23NO3/c1-15(2,3)19-14(17)16-18-12-8-7-11-13-9-5-4-6-10-13/h4-6,9-10H,7-8,11-12H2,1-3H3,(H,16,17). The van der Waals surface area contributed by atoms with E-state index in [1.165, 1.54) is 5.56 Å². The molecule has 106 valence electrons. The van der Waals surface area contributed by atoms with Gasteiger partial charge in [0.2, 0.25) is 0 Å². The van der Waals surface area contributed by atoms with Gasteiger partial charge in [0, 0.05) is 0 Å². The predicted octanol–water partition coefficient (Wildman–Crippen LogP) is 3.47. The van der Waals surface area contributed by atoms with Crippen LogP contribution >= 0.6 is 0 Å². The van der Waals surface area contributed by atoms with Crippen LogP contribution < -0.4 is 5.48 Å². The molecule has 1 aromatic carbocycles. The van der Waals surface area contributed by atoms with Gasteiger partial charge in [0.15, 0.2) is 0 Å². The molecule has 0 bridgehead atoms. The Kier molecular flexibility index (Phi) is 6.36. The molecule has 0 atom stereocenters. The Hall–Kier alpha value is -1.55. The molecule has 0 saturated carbocycles. The molecule has 0 aliphatic rings. The number of aryl methyl sites for hydroxylation is 1. The fraction of sp³-hybridized carbons (Fsp3) is 0.533. The average molecular weight is 265 g/mol. The average Bonchev–Trinajstić information content (AvgIpc) is 2.32. The lowest BCUT2D eigenvalue weighted by molar-refractivity contribution is -0.00850. The van der Waals surface area contributed by atoms with Crippen molar-refractivity contribution in [1.29, 1.82) is 0 Å². The summed E-state index contributed by atoms with van der Waals surface area (Å²) in [5.74, 6) is 0. The van der Waals surface area contributed by atoms with E-state index in [0.717, 1.165) is 19.3 Å². The van der Waals surface area contributed by atoms with Crippen LogP contribution in [0.5, 0.6) is 0 Å². The summed E-state index contributed by atoms with van der Waals surface area (Å²) in [4.78, 5) is 16.3. The first-order chi connectivity index (χ1) is 8.97. The Morgan fingerprint density at radius 2 is 1.84 bits per heavy atom. The summed E-state index contributed by atoms with van der Waals surface area (Å²) in [6.45, 7) is 5.93. The number of carbonyl (C=O) groups is 1. The number of benzene rings is 1. The lowest BCUT2D eigenvalue weighted by Crippen LogP contribution is -2.32. The van der Waals surface area contributed by atoms with Crippen molar-refractivity contribution < 1.29 is 14.4 Å². The normalized spacial score (nSPS) is 11.1. The van der Waals surface area contributed by atoms with Crippen LogP contribution in [0.3, 0.4) is 0 Å². The molecule has 0 saturated heterocycles. The van der Waals surface area contributed by atoms with Crippen LogP contribution in [0.4, 0.5) is 4.79 Å². The van der Waals surface area contributed by atoms with E-state index in [2.05, 4.69) is 17.6 Å². The molecule has 1 amide bonds. The lowest BCUT2D eigenvalue weighted by atomic mass is 10.1. The SMILES string of the molecule is CC(C)(C)OC(=O)NOCCCCc1ccccc1. The van der Waals surface area contributed by atoms with Crippen molar-refractivity contribution in [2.24, 2.45) is 0 Å². The first kappa shape index (κ1) is 15.5. The third-order valence-corrected chi connectivity index (χ3v) is 2.36. The molecule has 0 spiro atoms. The fourth-order valence-corrected chi connectivity index (χ4v) is 1.56. The molecular formula is C15H23NO3. The van der Waals surface area contributed by atoms with E-state index in [-0.39, 0.29) is 0 Å². The number of carbonyl (C=O) groups excluding carboxylic acids is 1. The summed E-state index contributed by atoms with van der Waals surface area (Å²) in [6, 6.07) is 10.3. The second kappa shape index (κ2) is 7.79. The van der Waals surface area contributed by atoms with Gasteiger partial charge in [-0.2, -0.15) is 5.48 Å². The summed E-state index contributed by atoms with van der Waals surface area (Å²) in [7, 11) is 0. The maximum Gasteiger partial charge on any atom is 0.431 e. The second-order valence-corrected chi connectivity index (χ2v) is 5.40. The van der Waals surface area contributed by atoms with E-state index in [1.807, 2.05) is 39.0 Å². The molecule has 0 radical (unpaired) electrons. The lowest BCUT2D eigenvalue weighted by Gasteiger charge is -2.19. The third-order valence-electron chi connectivity index (χ3n) is 2.36. The van der Waals surface area contributed by atoms with Gasteiger partial charge in [-0.15, -0.1) is 0 Å². The fourth-order valence-electron chi connectivity index (χ4n) is 1.56. The molecule has 1 aromatic rings. The first-order valence-electron chi connectivity index (χ1n) is 6.62. The zero-order valence-electron chi connectivity index (χ0n) is 11.9. The number of hydroxylamine groups is 1. The quantitative estimate of drug-likeness (QED) is 0.633. The van der Waals surface area contributed by atoms with E-state index in [1.54, 1.807) is 0 Å². The van der Waals surface area contributed by atoms with Gasteiger partial charge in [0.25, 0.3) is 0 Å². The highest BCUT2D eigenvalue weighted by Crippen LogP contribution is 2.06. The number of rotatable bonds is 6. The van der Waals surface area contributed by atoms with Crippen molar-refractivity contribution in [3.05, 3.63) is 35.9 Å². The molecule has 4 nitrogen and oxygen atoms in total. The topological polar surface area (TPSA) is 47.6 Å². The van der Waals surface area contributed by atoms with Gasteiger partial charge in [-0.05, 0) is 45.6 Å². The summed E-state index contributed by atoms with van der Waals surface area (Å²) in [5, 5.41) is 0. The van der Waals surface area contributed by atoms with Crippen molar-refractivity contribution in [1.82, 2.24) is 5.48 Å². The molecule has 0 fully saturated rings. The monoisotopic (exact) mass is 265 g/mol. The summed E-state index contributed by atoms with van der Waals surface area (Å²) >= 11 is 0. The van der Waals surface area contributed by atoms with E-state index in [0.29, 0.717) is 6.61 Å². The van der Waals surface area contributed by atoms with Crippen LogP contribution in [-0.2, 0) is 16.0 Å². The predicted molar refractivity (Wildman–Crippen MR) is 74.7 cm³/mol. The van der Waals surface area contributed by atoms with Crippen molar-refractivity contribution in [3.8, 4) is 0 Å². The molecule has 1 rings (SSSR count). The largest absolute Gasteiger partial charge is 0.442 e. The van der Waals surface area contributed by atoms with Crippen molar-refractivity contribution in [2.75, 3.05) is 6.61 Å². The summed E-state index contributed by atoms with van der Waals surface area (Å²) in [5.41, 5.74) is 3.10. The van der Waals surface area contributed by atoms with Crippen LogP contribution in [-0.4, -0.2) is 18.3 Å². The minimum Gasteiger partial charge on any atom is -0.442 e. The van der Waals surface area contributed by atoms with Crippen LogP contribution in [0, 0.1) is 0 Å². The van der Waals surface area contributed by atoms with Gasteiger partial charge < -0.3 is 4.74 Å². The second-order valence-electron chi connectivity index (χ2n) is 5.40. The number of nitrogens with one attached hydrogen (secondary N) is 1. The number of ether oxygens (including phenoxy) is 1. The first-order valence-corrected chi connectivity index (χ1v) is 6.62. The van der Waals surface area contributed by atoms with E-state index in [9.17, 15) is 4.79 Å². The molecular weight excluding hydrogens is 242 g/mol. The van der Waals surface area contributed by atoms with Gasteiger partial charge in [-0.25, -0.2) is 4.79 Å². The van der Waals surface area contributed by atoms with Crippen LogP contribution in [0.25, 0.3) is 0 Å². The Bertz CT molecular complexity index is 371. The zero-order chi connectivity index (χ0) is 14.1. The van der Waals surface area contributed by atoms with Crippen LogP contribution in [0.15, 0.2) is 30.3 Å². The molecule has 0 unspecified atom stereocenters. The van der Waals surface area contributed by atoms with E-state index >= 15 is 0 Å². The Morgan fingerprint density at radius 3 is 2.47 bits per heavy atom. The molecule has 0 aliphatic carbocycles. The Balaban J connectivity index is 2.01. The number of hydrogen-bond donors (Lipinski definition) is 1. The molecule has 0 aromatic heterocycles. The van der Waals surface area contributed by atoms with Crippen molar-refractivity contribution in [2.45, 2.75) is 45.6 Å². The summed E-state index contributed by atoms with van der Waals surface area (Å²) < 4.78 is 5.04. The van der Waals surface area contributed by atoms with Gasteiger partial charge in [0.1, 0.15) is 5.60 Å². The maximum atomic E-state index is 11.3. The molecule has 4 heteroatoms. The van der Waals surface area contributed by atoms with Gasteiger partial charge >= 0.3 is 6.09 Å². The van der Waals surface area contributed by atoms with Gasteiger partial charge in [0.05, 0.1) is 6.61 Å². The smallest absolute Gasteiger partial charge is 0.431 e.